The van der Waals surface area contributed by atoms with Crippen LogP contribution in [0.15, 0.2) is 33.7 Å². The number of aliphatic carboxylic acids is 1. The molecule has 0 unspecified atom stereocenters. The lowest BCUT2D eigenvalue weighted by atomic mass is 9.80. The van der Waals surface area contributed by atoms with Crippen molar-refractivity contribution in [3.63, 3.8) is 0 Å². The SMILES string of the molecule is CCOC(=O)c1c(C)oc2c1[C@H](C=NCCCC(=O)O)C(=O)c1ccccc1-2. The van der Waals surface area contributed by atoms with E-state index >= 15 is 0 Å². The molecule has 7 heteroatoms. The van der Waals surface area contributed by atoms with E-state index in [1.165, 1.54) is 6.21 Å². The molecule has 0 saturated carbocycles. The number of benzene rings is 1. The minimum atomic E-state index is -0.893. The summed E-state index contributed by atoms with van der Waals surface area (Å²) < 4.78 is 11.0. The lowest BCUT2D eigenvalue weighted by molar-refractivity contribution is -0.137. The van der Waals surface area contributed by atoms with Crippen LogP contribution in [0.25, 0.3) is 11.3 Å². The zero-order valence-electron chi connectivity index (χ0n) is 15.7. The summed E-state index contributed by atoms with van der Waals surface area (Å²) in [6, 6.07) is 7.07. The third-order valence-corrected chi connectivity index (χ3v) is 4.56. The Balaban J connectivity index is 2.05. The summed E-state index contributed by atoms with van der Waals surface area (Å²) in [5, 5.41) is 8.72. The quantitative estimate of drug-likeness (QED) is 0.444. The number of aryl methyl sites for hydroxylation is 1. The summed E-state index contributed by atoms with van der Waals surface area (Å²) in [6.07, 6.45) is 1.85. The third kappa shape index (κ3) is 3.60. The Labute approximate surface area is 162 Å². The Morgan fingerprint density at radius 2 is 2.00 bits per heavy atom. The molecule has 0 aliphatic heterocycles. The van der Waals surface area contributed by atoms with Crippen LogP contribution in [-0.2, 0) is 9.53 Å². The second-order valence-electron chi connectivity index (χ2n) is 6.44. The van der Waals surface area contributed by atoms with Crippen LogP contribution in [0.4, 0.5) is 0 Å². The van der Waals surface area contributed by atoms with Gasteiger partial charge >= 0.3 is 11.9 Å². The lowest BCUT2D eigenvalue weighted by Crippen LogP contribution is -2.22. The van der Waals surface area contributed by atoms with E-state index in [2.05, 4.69) is 4.99 Å². The molecule has 0 fully saturated rings. The number of rotatable bonds is 7. The Kier molecular flexibility index (Phi) is 5.73. The van der Waals surface area contributed by atoms with E-state index in [1.807, 2.05) is 0 Å². The summed E-state index contributed by atoms with van der Waals surface area (Å²) in [7, 11) is 0. The van der Waals surface area contributed by atoms with Gasteiger partial charge in [0, 0.05) is 35.9 Å². The number of Topliss-reactive ketones (excluding diaryl/α,β-unsaturated/α-hetero) is 1. The Bertz CT molecular complexity index is 956. The molecule has 0 saturated heterocycles. The highest BCUT2D eigenvalue weighted by Gasteiger charge is 2.39. The number of furan rings is 1. The maximum absolute atomic E-state index is 13.1. The first-order valence-electron chi connectivity index (χ1n) is 9.11. The molecule has 3 rings (SSSR count). The average Bonchev–Trinajstić information content (AvgIpc) is 3.01. The molecular weight excluding hydrogens is 362 g/mol. The van der Waals surface area contributed by atoms with Gasteiger partial charge in [-0.15, -0.1) is 0 Å². The number of carboxylic acid groups (broad SMARTS) is 1. The number of ketones is 1. The minimum Gasteiger partial charge on any atom is -0.481 e. The molecule has 146 valence electrons. The number of hydrogen-bond acceptors (Lipinski definition) is 6. The van der Waals surface area contributed by atoms with E-state index in [9.17, 15) is 14.4 Å². The Morgan fingerprint density at radius 3 is 2.68 bits per heavy atom. The van der Waals surface area contributed by atoms with E-state index in [4.69, 9.17) is 14.3 Å². The van der Waals surface area contributed by atoms with Gasteiger partial charge in [0.25, 0.3) is 0 Å². The van der Waals surface area contributed by atoms with Crippen molar-refractivity contribution in [2.24, 2.45) is 4.99 Å². The van der Waals surface area contributed by atoms with E-state index in [-0.39, 0.29) is 30.9 Å². The van der Waals surface area contributed by atoms with E-state index in [1.54, 1.807) is 38.1 Å². The molecule has 1 aromatic carbocycles. The maximum Gasteiger partial charge on any atom is 0.342 e. The van der Waals surface area contributed by atoms with Crippen molar-refractivity contribution in [3.05, 3.63) is 46.7 Å². The van der Waals surface area contributed by atoms with Gasteiger partial charge in [-0.05, 0) is 20.3 Å². The fourth-order valence-electron chi connectivity index (χ4n) is 3.35. The molecule has 0 radical (unpaired) electrons. The Hall–Kier alpha value is -3.22. The van der Waals surface area contributed by atoms with Crippen LogP contribution in [0, 0.1) is 6.92 Å². The highest BCUT2D eigenvalue weighted by molar-refractivity contribution is 6.18. The number of fused-ring (bicyclic) bond motifs is 3. The molecular formula is C21H21NO6. The van der Waals surface area contributed by atoms with Crippen LogP contribution < -0.4 is 0 Å². The lowest BCUT2D eigenvalue weighted by Gasteiger charge is -2.21. The molecule has 28 heavy (non-hydrogen) atoms. The number of hydrogen-bond donors (Lipinski definition) is 1. The molecule has 2 aromatic rings. The third-order valence-electron chi connectivity index (χ3n) is 4.56. The van der Waals surface area contributed by atoms with E-state index in [0.29, 0.717) is 34.6 Å². The van der Waals surface area contributed by atoms with Crippen molar-refractivity contribution in [1.82, 2.24) is 0 Å². The molecule has 0 bridgehead atoms. The van der Waals surface area contributed by atoms with Crippen LogP contribution in [-0.4, -0.2) is 42.2 Å². The van der Waals surface area contributed by atoms with Crippen molar-refractivity contribution in [3.8, 4) is 11.3 Å². The summed E-state index contributed by atoms with van der Waals surface area (Å²) >= 11 is 0. The number of nitrogens with zero attached hydrogens (tertiary/aromatic N) is 1. The van der Waals surface area contributed by atoms with Crippen LogP contribution in [0.1, 0.15) is 57.7 Å². The summed E-state index contributed by atoms with van der Waals surface area (Å²) in [5.41, 5.74) is 1.85. The van der Waals surface area contributed by atoms with Gasteiger partial charge in [-0.1, -0.05) is 24.3 Å². The summed E-state index contributed by atoms with van der Waals surface area (Å²) in [6.45, 7) is 3.86. The van der Waals surface area contributed by atoms with Gasteiger partial charge in [-0.3, -0.25) is 14.6 Å². The van der Waals surface area contributed by atoms with Gasteiger partial charge < -0.3 is 14.3 Å². The first-order valence-corrected chi connectivity index (χ1v) is 9.11. The molecule has 7 nitrogen and oxygen atoms in total. The number of carboxylic acids is 1. The highest BCUT2D eigenvalue weighted by Crippen LogP contribution is 2.43. The topological polar surface area (TPSA) is 106 Å². The number of carbonyl (C=O) groups is 3. The minimum absolute atomic E-state index is 0.00291. The van der Waals surface area contributed by atoms with Crippen molar-refractivity contribution in [2.45, 2.75) is 32.6 Å². The monoisotopic (exact) mass is 383 g/mol. The van der Waals surface area contributed by atoms with E-state index in [0.717, 1.165) is 0 Å². The first-order chi connectivity index (χ1) is 13.5. The number of carbonyl (C=O) groups excluding carboxylic acids is 2. The molecule has 1 aromatic heterocycles. The van der Waals surface area contributed by atoms with Crippen LogP contribution >= 0.6 is 0 Å². The highest BCUT2D eigenvalue weighted by atomic mass is 16.5. The molecule has 1 heterocycles. The molecule has 1 aliphatic rings. The smallest absolute Gasteiger partial charge is 0.342 e. The largest absolute Gasteiger partial charge is 0.481 e. The average molecular weight is 383 g/mol. The van der Waals surface area contributed by atoms with Crippen molar-refractivity contribution in [2.75, 3.05) is 13.2 Å². The van der Waals surface area contributed by atoms with Gasteiger partial charge in [0.1, 0.15) is 17.1 Å². The molecule has 1 aliphatic carbocycles. The second-order valence-corrected chi connectivity index (χ2v) is 6.44. The number of aliphatic imine (C=N–C) groups is 1. The van der Waals surface area contributed by atoms with Gasteiger partial charge in [0.2, 0.25) is 0 Å². The molecule has 1 N–H and O–H groups in total. The fraction of sp³-hybridized carbons (Fsp3) is 0.333. The zero-order chi connectivity index (χ0) is 20.3. The normalized spacial score (nSPS) is 15.4. The van der Waals surface area contributed by atoms with Crippen LogP contribution in [0.5, 0.6) is 0 Å². The predicted octanol–water partition coefficient (Wildman–Crippen LogP) is 3.65. The van der Waals surface area contributed by atoms with Crippen molar-refractivity contribution >= 4 is 23.9 Å². The van der Waals surface area contributed by atoms with Gasteiger partial charge in [-0.25, -0.2) is 4.79 Å². The number of ether oxygens (including phenoxy) is 1. The first kappa shape index (κ1) is 19.5. The van der Waals surface area contributed by atoms with Crippen molar-refractivity contribution in [1.29, 1.82) is 0 Å². The van der Waals surface area contributed by atoms with Gasteiger partial charge in [0.15, 0.2) is 5.78 Å². The molecule has 1 atom stereocenters. The molecule has 0 amide bonds. The molecule has 0 spiro atoms. The second kappa shape index (κ2) is 8.21. The zero-order valence-corrected chi connectivity index (χ0v) is 15.7. The van der Waals surface area contributed by atoms with Crippen LogP contribution in [0.3, 0.4) is 0 Å². The standard InChI is InChI=1S/C21H21NO6/c1-3-27-21(26)17-12(2)28-20-14-8-5-4-7-13(14)19(25)15(18(17)20)11-22-10-6-9-16(23)24/h4-5,7-8,11,15H,3,6,9-10H2,1-2H3,(H,23,24)/t15-/m0/s1. The fourth-order valence-corrected chi connectivity index (χ4v) is 3.35. The van der Waals surface area contributed by atoms with Gasteiger partial charge in [0.05, 0.1) is 12.5 Å². The van der Waals surface area contributed by atoms with Crippen molar-refractivity contribution < 1.29 is 28.6 Å². The summed E-state index contributed by atoms with van der Waals surface area (Å²) in [4.78, 5) is 40.5. The predicted molar refractivity (Wildman–Crippen MR) is 102 cm³/mol. The van der Waals surface area contributed by atoms with E-state index < -0.39 is 17.9 Å². The van der Waals surface area contributed by atoms with Gasteiger partial charge in [-0.2, -0.15) is 0 Å². The van der Waals surface area contributed by atoms with Crippen LogP contribution in [0.2, 0.25) is 0 Å². The number of esters is 1. The summed E-state index contributed by atoms with van der Waals surface area (Å²) in [5.74, 6) is -1.55. The maximum atomic E-state index is 13.1. The Morgan fingerprint density at radius 1 is 1.29 bits per heavy atom.